The van der Waals surface area contributed by atoms with E-state index in [1.165, 1.54) is 126 Å². The molecule has 0 aromatic heterocycles. The fraction of sp³-hybridized carbons (Fsp3) is 0.257. The predicted octanol–water partition coefficient (Wildman–Crippen LogP) is 22.1. The summed E-state index contributed by atoms with van der Waals surface area (Å²) in [6.07, 6.45) is 9.23. The monoisotopic (exact) mass is 927 g/mol. The fourth-order valence-corrected chi connectivity index (χ4v) is 7.59. The van der Waals surface area contributed by atoms with Crippen molar-refractivity contribution in [2.75, 3.05) is 0 Å². The summed E-state index contributed by atoms with van der Waals surface area (Å²) in [7, 11) is 0. The minimum atomic E-state index is 0. The summed E-state index contributed by atoms with van der Waals surface area (Å²) >= 11 is 0. The Morgan fingerprint density at radius 3 is 1.23 bits per heavy atom. The second-order valence-corrected chi connectivity index (χ2v) is 17.3. The average molecular weight is 927 g/mol. The van der Waals surface area contributed by atoms with Gasteiger partial charge in [0.2, 0.25) is 0 Å². The Hall–Kier alpha value is -6.76. The first-order valence-electron chi connectivity index (χ1n) is 25.4. The number of rotatable bonds is 9. The second kappa shape index (κ2) is 32.9. The van der Waals surface area contributed by atoms with Crippen LogP contribution >= 0.6 is 0 Å². The summed E-state index contributed by atoms with van der Waals surface area (Å²) < 4.78 is 0. The zero-order valence-electron chi connectivity index (χ0n) is 44.6. The van der Waals surface area contributed by atoms with Gasteiger partial charge in [-0.05, 0) is 155 Å². The maximum absolute atomic E-state index is 3.77. The standard InChI is InChI=1S/C28H26.C19H16.C12H14.2C4H10.C2H6.CH4/c1-19-9-5-7-11-25(19)27-16-15-23(17-22(27)4)24-14-13-21(3)28(18-24)26-12-8-6-10-20(26)2;1-15-12-18(16-8-4-2-5-9-16)14-19(13-15)17-10-6-3-7-11-17;1-4-11(5-2)12-8-6-7-10(3)9-12;2*1-3-4-2;1-2;/h5-18H,1-4H3;2-14H,1H3;4-9H,1H2,2-3H3;2*3-4H2,1-2H3;1-2H3;1H4/b;;11-5+;;;;. The third kappa shape index (κ3) is 18.6. The third-order valence-corrected chi connectivity index (χ3v) is 11.8. The van der Waals surface area contributed by atoms with E-state index >= 15 is 0 Å². The highest BCUT2D eigenvalue weighted by Crippen LogP contribution is 2.34. The van der Waals surface area contributed by atoms with E-state index < -0.39 is 0 Å². The lowest BCUT2D eigenvalue weighted by Crippen LogP contribution is -1.90. The van der Waals surface area contributed by atoms with Gasteiger partial charge in [-0.1, -0.05) is 275 Å². The Bertz CT molecular complexity index is 2680. The van der Waals surface area contributed by atoms with Gasteiger partial charge in [0, 0.05) is 0 Å². The van der Waals surface area contributed by atoms with E-state index in [1.807, 2.05) is 26.8 Å². The molecule has 0 atom stereocenters. The molecule has 0 saturated heterocycles. The molecular formula is C70H86. The largest absolute Gasteiger partial charge is 0.0985 e. The van der Waals surface area contributed by atoms with Gasteiger partial charge >= 0.3 is 0 Å². The summed E-state index contributed by atoms with van der Waals surface area (Å²) in [4.78, 5) is 0. The lowest BCUT2D eigenvalue weighted by atomic mass is 9.90. The highest BCUT2D eigenvalue weighted by atomic mass is 14.1. The van der Waals surface area contributed by atoms with Crippen LogP contribution in [0.15, 0.2) is 207 Å². The lowest BCUT2D eigenvalue weighted by Gasteiger charge is -2.14. The number of aryl methyl sites for hydroxylation is 6. The van der Waals surface area contributed by atoms with E-state index in [1.54, 1.807) is 0 Å². The van der Waals surface area contributed by atoms with Crippen LogP contribution in [0.5, 0.6) is 0 Å². The molecule has 366 valence electrons. The van der Waals surface area contributed by atoms with E-state index in [0.29, 0.717) is 0 Å². The second-order valence-electron chi connectivity index (χ2n) is 17.3. The van der Waals surface area contributed by atoms with Gasteiger partial charge < -0.3 is 0 Å². The van der Waals surface area contributed by atoms with Crippen molar-refractivity contribution in [2.45, 2.75) is 123 Å². The van der Waals surface area contributed by atoms with Gasteiger partial charge in [0.15, 0.2) is 0 Å². The molecule has 0 radical (unpaired) electrons. The molecular weight excluding hydrogens is 841 g/mol. The molecule has 70 heavy (non-hydrogen) atoms. The maximum Gasteiger partial charge on any atom is -0.0146 e. The molecule has 0 amide bonds. The van der Waals surface area contributed by atoms with Gasteiger partial charge in [-0.3, -0.25) is 0 Å². The molecule has 0 aliphatic carbocycles. The zero-order chi connectivity index (χ0) is 50.6. The van der Waals surface area contributed by atoms with Crippen molar-refractivity contribution in [1.29, 1.82) is 0 Å². The third-order valence-electron chi connectivity index (χ3n) is 11.8. The predicted molar refractivity (Wildman–Crippen MR) is 318 cm³/mol. The Kier molecular flexibility index (Phi) is 27.9. The smallest absolute Gasteiger partial charge is 0.0146 e. The zero-order valence-corrected chi connectivity index (χ0v) is 44.6. The SMILES string of the molecule is C.C=C/C(=C\C)c1cccc(C)c1.CC.CCCC.CCCC.Cc1cc(-c2ccccc2)cc(-c2ccccc2)c1.Cc1ccccc1-c1ccc(-c2ccc(C)c(-c3ccccc3C)c2)cc1C. The highest BCUT2D eigenvalue weighted by molar-refractivity contribution is 5.80. The van der Waals surface area contributed by atoms with Crippen molar-refractivity contribution in [2.24, 2.45) is 0 Å². The van der Waals surface area contributed by atoms with Gasteiger partial charge in [-0.2, -0.15) is 0 Å². The van der Waals surface area contributed by atoms with Crippen LogP contribution in [0.1, 0.15) is 121 Å². The average Bonchev–Trinajstić information content (AvgIpc) is 3.39. The van der Waals surface area contributed by atoms with Gasteiger partial charge in [0.05, 0.1) is 0 Å². The Labute approximate surface area is 428 Å². The summed E-state index contributed by atoms with van der Waals surface area (Å²) in [5.74, 6) is 0. The van der Waals surface area contributed by atoms with Crippen LogP contribution in [0.3, 0.4) is 0 Å². The van der Waals surface area contributed by atoms with Gasteiger partial charge in [-0.25, -0.2) is 0 Å². The maximum atomic E-state index is 3.77. The lowest BCUT2D eigenvalue weighted by molar-refractivity contribution is 0.886. The number of unbranched alkanes of at least 4 members (excludes halogenated alkanes) is 2. The summed E-state index contributed by atoms with van der Waals surface area (Å²) in [6, 6.07) is 67.1. The molecule has 8 rings (SSSR count). The van der Waals surface area contributed by atoms with Crippen molar-refractivity contribution in [3.05, 3.63) is 246 Å². The van der Waals surface area contributed by atoms with E-state index in [9.17, 15) is 0 Å². The van der Waals surface area contributed by atoms with E-state index in [2.05, 4.69) is 270 Å². The van der Waals surface area contributed by atoms with Crippen LogP contribution in [-0.2, 0) is 0 Å². The first-order valence-corrected chi connectivity index (χ1v) is 25.4. The molecule has 0 heteroatoms. The molecule has 8 aromatic rings. The van der Waals surface area contributed by atoms with Crippen molar-refractivity contribution >= 4 is 5.57 Å². The number of hydrogen-bond acceptors (Lipinski definition) is 0. The summed E-state index contributed by atoms with van der Waals surface area (Å²) in [6.45, 7) is 31.5. The van der Waals surface area contributed by atoms with Gasteiger partial charge in [-0.15, -0.1) is 0 Å². The molecule has 0 aliphatic heterocycles. The molecule has 0 bridgehead atoms. The summed E-state index contributed by atoms with van der Waals surface area (Å²) in [5, 5.41) is 0. The molecule has 0 fully saturated rings. The Morgan fingerprint density at radius 1 is 0.357 bits per heavy atom. The van der Waals surface area contributed by atoms with Crippen molar-refractivity contribution < 1.29 is 0 Å². The summed E-state index contributed by atoms with van der Waals surface area (Å²) in [5.41, 5.74) is 23.1. The molecule has 0 aliphatic rings. The van der Waals surface area contributed by atoms with Crippen LogP contribution in [0.25, 0.3) is 61.2 Å². The van der Waals surface area contributed by atoms with Gasteiger partial charge in [0.25, 0.3) is 0 Å². The fourth-order valence-electron chi connectivity index (χ4n) is 7.59. The van der Waals surface area contributed by atoms with Crippen molar-refractivity contribution in [3.63, 3.8) is 0 Å². The van der Waals surface area contributed by atoms with Crippen LogP contribution in [-0.4, -0.2) is 0 Å². The Morgan fingerprint density at radius 2 is 0.786 bits per heavy atom. The van der Waals surface area contributed by atoms with E-state index in [4.69, 9.17) is 0 Å². The quantitative estimate of drug-likeness (QED) is 0.127. The number of allylic oxidation sites excluding steroid dienone is 3. The van der Waals surface area contributed by atoms with Crippen molar-refractivity contribution in [3.8, 4) is 55.6 Å². The van der Waals surface area contributed by atoms with Crippen molar-refractivity contribution in [1.82, 2.24) is 0 Å². The van der Waals surface area contributed by atoms with Crippen LogP contribution < -0.4 is 0 Å². The molecule has 0 unspecified atom stereocenters. The van der Waals surface area contributed by atoms with E-state index in [0.717, 1.165) is 0 Å². The molecule has 0 spiro atoms. The van der Waals surface area contributed by atoms with Crippen LogP contribution in [0.2, 0.25) is 0 Å². The highest BCUT2D eigenvalue weighted by Gasteiger charge is 2.10. The Balaban J connectivity index is 0.000000346. The molecule has 0 saturated carbocycles. The molecule has 0 nitrogen and oxygen atoms in total. The molecule has 0 heterocycles. The molecule has 0 N–H and O–H groups in total. The first kappa shape index (κ1) is 59.4. The normalized spacial score (nSPS) is 10.0. The van der Waals surface area contributed by atoms with Crippen LogP contribution in [0, 0.1) is 41.5 Å². The van der Waals surface area contributed by atoms with Crippen LogP contribution in [0.4, 0.5) is 0 Å². The number of benzene rings is 8. The topological polar surface area (TPSA) is 0 Å². The number of hydrogen-bond donors (Lipinski definition) is 0. The molecule has 8 aromatic carbocycles. The van der Waals surface area contributed by atoms with E-state index in [-0.39, 0.29) is 7.43 Å². The minimum absolute atomic E-state index is 0. The van der Waals surface area contributed by atoms with Gasteiger partial charge in [0.1, 0.15) is 0 Å². The first-order chi connectivity index (χ1) is 33.5. The minimum Gasteiger partial charge on any atom is -0.0985 e.